The zero-order chi connectivity index (χ0) is 24.1. The third-order valence-electron chi connectivity index (χ3n) is 7.49. The van der Waals surface area contributed by atoms with E-state index in [0.29, 0.717) is 17.5 Å². The molecular formula is C26H31N5O2S. The zero-order valence-corrected chi connectivity index (χ0v) is 20.7. The average Bonchev–Trinajstić information content (AvgIpc) is 3.43. The summed E-state index contributed by atoms with van der Waals surface area (Å²) >= 11 is 0. The summed E-state index contributed by atoms with van der Waals surface area (Å²) in [5, 5.41) is 5.12. The van der Waals surface area contributed by atoms with Crippen LogP contribution in [0.1, 0.15) is 51.0 Å². The predicted octanol–water partition coefficient (Wildman–Crippen LogP) is 4.68. The first-order chi connectivity index (χ1) is 16.2. The number of aromatic nitrogens is 4. The van der Waals surface area contributed by atoms with E-state index in [4.69, 9.17) is 10.7 Å². The van der Waals surface area contributed by atoms with Crippen molar-refractivity contribution in [3.05, 3.63) is 66.7 Å². The first-order valence-electron chi connectivity index (χ1n) is 11.8. The maximum absolute atomic E-state index is 13.5. The van der Waals surface area contributed by atoms with Gasteiger partial charge in [-0.15, -0.1) is 0 Å². The van der Waals surface area contributed by atoms with E-state index in [1.807, 2.05) is 19.4 Å². The molecule has 0 bridgehead atoms. The summed E-state index contributed by atoms with van der Waals surface area (Å²) < 4.78 is 30.0. The van der Waals surface area contributed by atoms with Gasteiger partial charge in [0, 0.05) is 47.7 Å². The number of nitrogens with zero attached hydrogens (tertiary/aromatic N) is 4. The second-order valence-corrected chi connectivity index (χ2v) is 11.7. The van der Waals surface area contributed by atoms with Crippen LogP contribution in [0.3, 0.4) is 0 Å². The summed E-state index contributed by atoms with van der Waals surface area (Å²) in [6.07, 6.45) is 11.1. The SMILES string of the molecule is CC(C)C1(N)CCC(c2cnc3c(c2)c(-c2cnn(C)c2)cn3S(=O)(=O)c2ccccc2)CC1. The smallest absolute Gasteiger partial charge is 0.269 e. The van der Waals surface area contributed by atoms with Crippen LogP contribution in [-0.2, 0) is 17.1 Å². The second kappa shape index (κ2) is 8.36. The Hall–Kier alpha value is -2.97. The number of benzene rings is 1. The summed E-state index contributed by atoms with van der Waals surface area (Å²) in [5.74, 6) is 0.812. The molecule has 5 rings (SSSR count). The Morgan fingerprint density at radius 2 is 1.79 bits per heavy atom. The number of nitrogens with two attached hydrogens (primary N) is 1. The van der Waals surface area contributed by atoms with E-state index in [1.165, 1.54) is 3.97 Å². The Kier molecular flexibility index (Phi) is 5.61. The summed E-state index contributed by atoms with van der Waals surface area (Å²) in [6, 6.07) is 10.6. The average molecular weight is 478 g/mol. The van der Waals surface area contributed by atoms with E-state index < -0.39 is 10.0 Å². The van der Waals surface area contributed by atoms with Gasteiger partial charge in [-0.1, -0.05) is 32.0 Å². The third kappa shape index (κ3) is 3.84. The van der Waals surface area contributed by atoms with E-state index >= 15 is 0 Å². The molecule has 0 aliphatic heterocycles. The molecule has 1 aliphatic carbocycles. The maximum Gasteiger partial charge on any atom is 0.269 e. The highest BCUT2D eigenvalue weighted by Gasteiger charge is 2.35. The first-order valence-corrected chi connectivity index (χ1v) is 13.2. The lowest BCUT2D eigenvalue weighted by molar-refractivity contribution is 0.206. The highest BCUT2D eigenvalue weighted by atomic mass is 32.2. The van der Waals surface area contributed by atoms with Gasteiger partial charge in [-0.2, -0.15) is 5.10 Å². The van der Waals surface area contributed by atoms with E-state index in [-0.39, 0.29) is 10.4 Å². The standard InChI is InChI=1S/C26H31N5O2S/c1-18(2)26(27)11-9-19(10-12-26)20-13-23-24(21-15-29-30(3)16-21)17-31(25(23)28-14-20)34(32,33)22-7-5-4-6-8-22/h4-8,13-19H,9-12,27H2,1-3H3. The van der Waals surface area contributed by atoms with Gasteiger partial charge in [0.05, 0.1) is 11.1 Å². The fourth-order valence-electron chi connectivity index (χ4n) is 5.06. The van der Waals surface area contributed by atoms with Gasteiger partial charge in [0.15, 0.2) is 5.65 Å². The Morgan fingerprint density at radius 1 is 1.09 bits per heavy atom. The van der Waals surface area contributed by atoms with E-state index in [1.54, 1.807) is 47.4 Å². The topological polar surface area (TPSA) is 95.8 Å². The van der Waals surface area contributed by atoms with Crippen LogP contribution in [0.25, 0.3) is 22.2 Å². The molecule has 3 heterocycles. The molecule has 4 aromatic rings. The molecule has 178 valence electrons. The molecule has 0 spiro atoms. The minimum atomic E-state index is -3.80. The minimum Gasteiger partial charge on any atom is -0.325 e. The molecule has 0 radical (unpaired) electrons. The van der Waals surface area contributed by atoms with Crippen molar-refractivity contribution in [3.63, 3.8) is 0 Å². The fraction of sp³-hybridized carbons (Fsp3) is 0.385. The Bertz CT molecular complexity index is 1430. The Balaban J connectivity index is 1.61. The first kappa shape index (κ1) is 22.8. The van der Waals surface area contributed by atoms with Crippen molar-refractivity contribution in [1.29, 1.82) is 0 Å². The predicted molar refractivity (Wildman–Crippen MR) is 134 cm³/mol. The minimum absolute atomic E-state index is 0.109. The van der Waals surface area contributed by atoms with Crippen LogP contribution in [0.15, 0.2) is 66.1 Å². The van der Waals surface area contributed by atoms with Crippen LogP contribution >= 0.6 is 0 Å². The van der Waals surface area contributed by atoms with Gasteiger partial charge in [-0.25, -0.2) is 17.4 Å². The number of hydrogen-bond donors (Lipinski definition) is 1. The third-order valence-corrected chi connectivity index (χ3v) is 9.15. The van der Waals surface area contributed by atoms with Gasteiger partial charge in [0.1, 0.15) is 0 Å². The van der Waals surface area contributed by atoms with E-state index in [2.05, 4.69) is 25.0 Å². The van der Waals surface area contributed by atoms with Gasteiger partial charge in [-0.3, -0.25) is 4.68 Å². The lowest BCUT2D eigenvalue weighted by Crippen LogP contribution is -2.47. The molecule has 7 nitrogen and oxygen atoms in total. The van der Waals surface area contributed by atoms with Crippen LogP contribution in [0, 0.1) is 5.92 Å². The molecule has 1 aromatic carbocycles. The number of rotatable bonds is 5. The van der Waals surface area contributed by atoms with Crippen molar-refractivity contribution in [2.75, 3.05) is 0 Å². The molecule has 1 fully saturated rings. The molecule has 1 saturated carbocycles. The van der Waals surface area contributed by atoms with Crippen molar-refractivity contribution < 1.29 is 8.42 Å². The summed E-state index contributed by atoms with van der Waals surface area (Å²) in [5.41, 5.74) is 9.77. The van der Waals surface area contributed by atoms with Crippen LogP contribution < -0.4 is 5.73 Å². The highest BCUT2D eigenvalue weighted by molar-refractivity contribution is 7.90. The maximum atomic E-state index is 13.5. The number of aryl methyl sites for hydroxylation is 1. The van der Waals surface area contributed by atoms with Gasteiger partial charge in [-0.05, 0) is 61.3 Å². The largest absolute Gasteiger partial charge is 0.325 e. The van der Waals surface area contributed by atoms with Crippen molar-refractivity contribution in [2.45, 2.75) is 55.9 Å². The lowest BCUT2D eigenvalue weighted by Gasteiger charge is -2.40. The molecule has 8 heteroatoms. The van der Waals surface area contributed by atoms with Crippen LogP contribution in [0.4, 0.5) is 0 Å². The molecule has 2 N–H and O–H groups in total. The number of hydrogen-bond acceptors (Lipinski definition) is 5. The molecule has 0 amide bonds. The Morgan fingerprint density at radius 3 is 2.41 bits per heavy atom. The number of fused-ring (bicyclic) bond motifs is 1. The van der Waals surface area contributed by atoms with Gasteiger partial charge in [0.25, 0.3) is 10.0 Å². The van der Waals surface area contributed by atoms with E-state index in [0.717, 1.165) is 47.8 Å². The van der Waals surface area contributed by atoms with Crippen LogP contribution in [-0.4, -0.2) is 32.7 Å². The van der Waals surface area contributed by atoms with Crippen molar-refractivity contribution in [1.82, 2.24) is 18.7 Å². The fourth-order valence-corrected chi connectivity index (χ4v) is 6.41. The van der Waals surface area contributed by atoms with E-state index in [9.17, 15) is 8.42 Å². The molecule has 0 atom stereocenters. The van der Waals surface area contributed by atoms with Crippen molar-refractivity contribution in [2.24, 2.45) is 18.7 Å². The van der Waals surface area contributed by atoms with Crippen LogP contribution in [0.2, 0.25) is 0 Å². The molecule has 0 unspecified atom stereocenters. The molecule has 1 aliphatic rings. The summed E-state index contributed by atoms with van der Waals surface area (Å²) in [6.45, 7) is 4.40. The van der Waals surface area contributed by atoms with Gasteiger partial charge in [0.2, 0.25) is 0 Å². The summed E-state index contributed by atoms with van der Waals surface area (Å²) in [7, 11) is -1.95. The number of pyridine rings is 1. The van der Waals surface area contributed by atoms with Gasteiger partial charge >= 0.3 is 0 Å². The molecular weight excluding hydrogens is 446 g/mol. The van der Waals surface area contributed by atoms with Crippen molar-refractivity contribution in [3.8, 4) is 11.1 Å². The molecule has 3 aromatic heterocycles. The molecule has 0 saturated heterocycles. The molecule has 34 heavy (non-hydrogen) atoms. The van der Waals surface area contributed by atoms with Crippen LogP contribution in [0.5, 0.6) is 0 Å². The lowest BCUT2D eigenvalue weighted by atomic mass is 9.70. The Labute approximate surface area is 200 Å². The van der Waals surface area contributed by atoms with Gasteiger partial charge < -0.3 is 5.73 Å². The quantitative estimate of drug-likeness (QED) is 0.450. The summed E-state index contributed by atoms with van der Waals surface area (Å²) in [4.78, 5) is 4.93. The second-order valence-electron chi connectivity index (χ2n) is 9.86. The highest BCUT2D eigenvalue weighted by Crippen LogP contribution is 2.41. The monoisotopic (exact) mass is 477 g/mol. The zero-order valence-electron chi connectivity index (χ0n) is 19.8. The normalized spacial score (nSPS) is 21.4. The van der Waals surface area contributed by atoms with Crippen molar-refractivity contribution >= 4 is 21.1 Å².